The molecule has 0 spiro atoms. The van der Waals surface area contributed by atoms with E-state index in [4.69, 9.17) is 4.74 Å². The molecule has 2 atom stereocenters. The topological polar surface area (TPSA) is 50.4 Å². The molecule has 0 saturated carbocycles. The van der Waals surface area contributed by atoms with Gasteiger partial charge in [-0.25, -0.2) is 4.39 Å². The maximum Gasteiger partial charge on any atom is 0.224 e. The Bertz CT molecular complexity index is 568. The Balaban J connectivity index is 0.00000192. The number of anilines is 1. The number of halogens is 2. The summed E-state index contributed by atoms with van der Waals surface area (Å²) in [4.78, 5) is 12.0. The highest BCUT2D eigenvalue weighted by atomic mass is 35.5. The summed E-state index contributed by atoms with van der Waals surface area (Å²) in [5, 5.41) is 5.92. The normalized spacial score (nSPS) is 23.0. The minimum Gasteiger partial charge on any atom is -0.375 e. The summed E-state index contributed by atoms with van der Waals surface area (Å²) in [6.45, 7) is 3.52. The number of benzene rings is 1. The third kappa shape index (κ3) is 4.43. The van der Waals surface area contributed by atoms with Gasteiger partial charge in [-0.3, -0.25) is 4.79 Å². The molecule has 2 aliphatic rings. The van der Waals surface area contributed by atoms with Crippen molar-refractivity contribution in [2.45, 2.75) is 57.8 Å². The Morgan fingerprint density at radius 3 is 3.00 bits per heavy atom. The molecule has 2 heterocycles. The van der Waals surface area contributed by atoms with Crippen LogP contribution in [0.3, 0.4) is 0 Å². The number of amides is 1. The van der Waals surface area contributed by atoms with Crippen LogP contribution < -0.4 is 10.6 Å². The van der Waals surface area contributed by atoms with E-state index in [0.717, 1.165) is 30.5 Å². The molecular formula is C17H24ClFN2O2. The first kappa shape index (κ1) is 18.2. The van der Waals surface area contributed by atoms with E-state index in [1.165, 1.54) is 0 Å². The van der Waals surface area contributed by atoms with Crippen LogP contribution in [0.2, 0.25) is 0 Å². The molecular weight excluding hydrogens is 319 g/mol. The number of ether oxygens (including phenoxy) is 1. The number of rotatable bonds is 4. The van der Waals surface area contributed by atoms with Crippen LogP contribution in [-0.4, -0.2) is 24.7 Å². The molecule has 1 amide bonds. The van der Waals surface area contributed by atoms with Gasteiger partial charge in [0.05, 0.1) is 17.9 Å². The first-order chi connectivity index (χ1) is 10.6. The number of fused-ring (bicyclic) bond motifs is 1. The lowest BCUT2D eigenvalue weighted by atomic mass is 9.99. The fourth-order valence-corrected chi connectivity index (χ4v) is 3.23. The van der Waals surface area contributed by atoms with Gasteiger partial charge in [-0.15, -0.1) is 12.4 Å². The first-order valence-electron chi connectivity index (χ1n) is 8.10. The summed E-state index contributed by atoms with van der Waals surface area (Å²) in [5.74, 6) is -0.422. The van der Waals surface area contributed by atoms with Gasteiger partial charge in [0.2, 0.25) is 5.91 Å². The second-order valence-electron chi connectivity index (χ2n) is 6.22. The SMILES string of the molecule is CC1CCC(CCC(=O)Nc2ccc3c(c2F)CCNC3)O1.Cl. The highest BCUT2D eigenvalue weighted by Gasteiger charge is 2.23. The highest BCUT2D eigenvalue weighted by molar-refractivity contribution is 5.91. The van der Waals surface area contributed by atoms with Gasteiger partial charge in [-0.2, -0.15) is 0 Å². The lowest BCUT2D eigenvalue weighted by Gasteiger charge is -2.19. The maximum atomic E-state index is 14.4. The van der Waals surface area contributed by atoms with Gasteiger partial charge >= 0.3 is 0 Å². The Hall–Kier alpha value is -1.17. The number of carbonyl (C=O) groups excluding carboxylic acids is 1. The van der Waals surface area contributed by atoms with Gasteiger partial charge in [-0.1, -0.05) is 6.07 Å². The summed E-state index contributed by atoms with van der Waals surface area (Å²) >= 11 is 0. The third-order valence-corrected chi connectivity index (χ3v) is 4.49. The maximum absolute atomic E-state index is 14.4. The molecule has 2 aliphatic heterocycles. The van der Waals surface area contributed by atoms with Gasteiger partial charge in [0.25, 0.3) is 0 Å². The number of hydrogen-bond acceptors (Lipinski definition) is 3. The fourth-order valence-electron chi connectivity index (χ4n) is 3.23. The predicted molar refractivity (Wildman–Crippen MR) is 90.5 cm³/mol. The van der Waals surface area contributed by atoms with Gasteiger partial charge in [0, 0.05) is 13.0 Å². The fraction of sp³-hybridized carbons (Fsp3) is 0.588. The van der Waals surface area contributed by atoms with Crippen molar-refractivity contribution in [1.29, 1.82) is 0 Å². The smallest absolute Gasteiger partial charge is 0.224 e. The lowest BCUT2D eigenvalue weighted by Crippen LogP contribution is -2.25. The van der Waals surface area contributed by atoms with Crippen molar-refractivity contribution >= 4 is 24.0 Å². The number of nitrogens with one attached hydrogen (secondary N) is 2. The molecule has 0 aromatic heterocycles. The van der Waals surface area contributed by atoms with Crippen molar-refractivity contribution in [2.75, 3.05) is 11.9 Å². The van der Waals surface area contributed by atoms with E-state index in [-0.39, 0.29) is 30.2 Å². The van der Waals surface area contributed by atoms with Crippen LogP contribution >= 0.6 is 12.4 Å². The average molecular weight is 343 g/mol. The summed E-state index contributed by atoms with van der Waals surface area (Å²) in [7, 11) is 0. The third-order valence-electron chi connectivity index (χ3n) is 4.49. The number of carbonyl (C=O) groups is 1. The van der Waals surface area contributed by atoms with Crippen molar-refractivity contribution in [2.24, 2.45) is 0 Å². The Morgan fingerprint density at radius 1 is 1.43 bits per heavy atom. The molecule has 1 fully saturated rings. The van der Waals surface area contributed by atoms with Crippen LogP contribution in [0.4, 0.5) is 10.1 Å². The predicted octanol–water partition coefficient (Wildman–Crippen LogP) is 3.18. The quantitative estimate of drug-likeness (QED) is 0.883. The van der Waals surface area contributed by atoms with E-state index in [2.05, 4.69) is 17.6 Å². The van der Waals surface area contributed by atoms with Crippen molar-refractivity contribution in [1.82, 2.24) is 5.32 Å². The molecule has 2 N–H and O–H groups in total. The number of hydrogen-bond donors (Lipinski definition) is 2. The zero-order valence-electron chi connectivity index (χ0n) is 13.4. The molecule has 6 heteroatoms. The van der Waals surface area contributed by atoms with E-state index in [0.29, 0.717) is 37.6 Å². The van der Waals surface area contributed by atoms with Gasteiger partial charge in [0.15, 0.2) is 0 Å². The molecule has 4 nitrogen and oxygen atoms in total. The molecule has 23 heavy (non-hydrogen) atoms. The molecule has 1 aromatic carbocycles. The van der Waals surface area contributed by atoms with E-state index in [1.54, 1.807) is 6.07 Å². The molecule has 1 aromatic rings. The van der Waals surface area contributed by atoms with Crippen LogP contribution in [0.25, 0.3) is 0 Å². The highest BCUT2D eigenvalue weighted by Crippen LogP contribution is 2.26. The van der Waals surface area contributed by atoms with E-state index in [1.807, 2.05) is 6.07 Å². The molecule has 2 unspecified atom stereocenters. The molecule has 128 valence electrons. The van der Waals surface area contributed by atoms with Gasteiger partial charge < -0.3 is 15.4 Å². The molecule has 1 saturated heterocycles. The Kier molecular flexibility index (Phi) is 6.39. The summed E-state index contributed by atoms with van der Waals surface area (Å²) < 4.78 is 20.1. The Labute approximate surface area is 142 Å². The second-order valence-corrected chi connectivity index (χ2v) is 6.22. The second kappa shape index (κ2) is 8.08. The first-order valence-corrected chi connectivity index (χ1v) is 8.10. The van der Waals surface area contributed by atoms with Gasteiger partial charge in [0.1, 0.15) is 5.82 Å². The zero-order chi connectivity index (χ0) is 15.5. The standard InChI is InChI=1S/C17H23FN2O2.ClH/c1-11-2-4-13(22-11)5-7-16(21)20-15-6-3-12-10-19-9-8-14(12)17(15)18;/h3,6,11,13,19H,2,4-5,7-10H2,1H3,(H,20,21);1H. The van der Waals surface area contributed by atoms with Crippen LogP contribution in [0.15, 0.2) is 12.1 Å². The van der Waals surface area contributed by atoms with Crippen molar-refractivity contribution < 1.29 is 13.9 Å². The lowest BCUT2D eigenvalue weighted by molar-refractivity contribution is -0.116. The van der Waals surface area contributed by atoms with E-state index < -0.39 is 0 Å². The van der Waals surface area contributed by atoms with E-state index >= 15 is 0 Å². The van der Waals surface area contributed by atoms with Crippen molar-refractivity contribution in [3.05, 3.63) is 29.1 Å². The molecule has 3 rings (SSSR count). The van der Waals surface area contributed by atoms with Crippen LogP contribution in [0.1, 0.15) is 43.7 Å². The van der Waals surface area contributed by atoms with E-state index in [9.17, 15) is 9.18 Å². The summed E-state index contributed by atoms with van der Waals surface area (Å²) in [6.07, 6.45) is 4.26. The minimum atomic E-state index is -0.280. The molecule has 0 bridgehead atoms. The molecule has 0 aliphatic carbocycles. The minimum absolute atomic E-state index is 0. The Morgan fingerprint density at radius 2 is 2.26 bits per heavy atom. The summed E-state index contributed by atoms with van der Waals surface area (Å²) in [5.41, 5.74) is 2.01. The monoisotopic (exact) mass is 342 g/mol. The summed E-state index contributed by atoms with van der Waals surface area (Å²) in [6, 6.07) is 3.55. The largest absolute Gasteiger partial charge is 0.375 e. The van der Waals surface area contributed by atoms with Crippen LogP contribution in [-0.2, 0) is 22.5 Å². The van der Waals surface area contributed by atoms with Crippen LogP contribution in [0, 0.1) is 5.82 Å². The van der Waals surface area contributed by atoms with Gasteiger partial charge in [-0.05, 0) is 56.3 Å². The van der Waals surface area contributed by atoms with Crippen LogP contribution in [0.5, 0.6) is 0 Å². The zero-order valence-corrected chi connectivity index (χ0v) is 14.2. The van der Waals surface area contributed by atoms with Crippen molar-refractivity contribution in [3.8, 4) is 0 Å². The molecule has 0 radical (unpaired) electrons. The average Bonchev–Trinajstić information content (AvgIpc) is 2.94. The van der Waals surface area contributed by atoms with Crippen molar-refractivity contribution in [3.63, 3.8) is 0 Å².